The molecule has 0 bridgehead atoms. The molecule has 0 unspecified atom stereocenters. The minimum Gasteiger partial charge on any atom is -0.468 e. The fourth-order valence-corrected chi connectivity index (χ4v) is 5.81. The number of methoxy groups -OCH3 is 1. The van der Waals surface area contributed by atoms with E-state index in [1.54, 1.807) is 25.1 Å². The van der Waals surface area contributed by atoms with Crippen LogP contribution in [0.5, 0.6) is 11.8 Å². The van der Waals surface area contributed by atoms with Crippen molar-refractivity contribution in [2.75, 3.05) is 38.5 Å². The van der Waals surface area contributed by atoms with Crippen LogP contribution in [0.15, 0.2) is 30.5 Å². The summed E-state index contributed by atoms with van der Waals surface area (Å²) in [5.41, 5.74) is -0.841. The molecule has 1 saturated carbocycles. The van der Waals surface area contributed by atoms with E-state index in [-0.39, 0.29) is 37.2 Å². The van der Waals surface area contributed by atoms with Gasteiger partial charge in [0.05, 0.1) is 16.4 Å². The number of ether oxygens (including phenoxy) is 3. The Hall–Kier alpha value is -3.96. The fourth-order valence-electron chi connectivity index (χ4n) is 5.81. The van der Waals surface area contributed by atoms with Gasteiger partial charge in [0.1, 0.15) is 41.5 Å². The predicted molar refractivity (Wildman–Crippen MR) is 157 cm³/mol. The van der Waals surface area contributed by atoms with Crippen LogP contribution in [0.4, 0.5) is 14.6 Å². The number of hydrogen-bond acceptors (Lipinski definition) is 9. The van der Waals surface area contributed by atoms with Crippen LogP contribution < -0.4 is 14.4 Å². The monoisotopic (exact) mass is 592 g/mol. The normalized spacial score (nSPS) is 19.5. The van der Waals surface area contributed by atoms with E-state index in [1.807, 2.05) is 11.8 Å². The zero-order valence-electron chi connectivity index (χ0n) is 24.5. The van der Waals surface area contributed by atoms with Crippen LogP contribution in [-0.4, -0.2) is 65.5 Å². The zero-order valence-corrected chi connectivity index (χ0v) is 24.5. The van der Waals surface area contributed by atoms with Gasteiger partial charge < -0.3 is 29.0 Å². The third-order valence-corrected chi connectivity index (χ3v) is 8.34. The largest absolute Gasteiger partial charge is 0.468 e. The molecule has 1 atom stereocenters. The van der Waals surface area contributed by atoms with Gasteiger partial charge in [-0.2, -0.15) is 4.98 Å². The van der Waals surface area contributed by atoms with Crippen LogP contribution >= 0.6 is 0 Å². The lowest BCUT2D eigenvalue weighted by atomic mass is 9.93. The number of anilines is 1. The summed E-state index contributed by atoms with van der Waals surface area (Å²) in [7, 11) is 1.50. The summed E-state index contributed by atoms with van der Waals surface area (Å²) in [6.45, 7) is 4.51. The Bertz CT molecular complexity index is 1710. The Morgan fingerprint density at radius 2 is 1.95 bits per heavy atom. The second kappa shape index (κ2) is 11.3. The topological polar surface area (TPSA) is 107 Å². The number of rotatable bonds is 10. The van der Waals surface area contributed by atoms with Crippen molar-refractivity contribution < 1.29 is 32.9 Å². The van der Waals surface area contributed by atoms with E-state index in [1.165, 1.54) is 19.4 Å². The first-order valence-electron chi connectivity index (χ1n) is 14.5. The number of fused-ring (bicyclic) bond motifs is 2. The van der Waals surface area contributed by atoms with Crippen molar-refractivity contribution in [1.29, 1.82) is 0 Å². The van der Waals surface area contributed by atoms with E-state index >= 15 is 8.78 Å². The number of aryl methyl sites for hydroxylation is 1. The Balaban J connectivity index is 1.59. The Morgan fingerprint density at radius 1 is 1.14 bits per heavy atom. The van der Waals surface area contributed by atoms with Gasteiger partial charge >= 0.3 is 6.01 Å². The summed E-state index contributed by atoms with van der Waals surface area (Å²) in [5, 5.41) is 12.4. The number of aromatic nitrogens is 3. The van der Waals surface area contributed by atoms with Crippen molar-refractivity contribution >= 4 is 33.8 Å². The zero-order chi connectivity index (χ0) is 30.4. The molecule has 0 spiro atoms. The standard InChI is InChI=1S/C32H34F2N4O5/c1-4-21-24(33)7-6-19-12-20(43-18-41-3)13-22(25(19)21)27-26(34)28-23(29(36-27)38-11-5-8-31(2,40)15-38)14-35-30(37-28)42-17-32(16-39)9-10-32/h6-7,12-14,16,40H,4-5,8-11,15,17-18H2,1-3H3/t31-/m1/s1. The van der Waals surface area contributed by atoms with Gasteiger partial charge in [0.25, 0.3) is 0 Å². The molecule has 1 aliphatic carbocycles. The van der Waals surface area contributed by atoms with Crippen LogP contribution in [0.1, 0.15) is 45.1 Å². The molecule has 3 heterocycles. The molecule has 2 aromatic carbocycles. The van der Waals surface area contributed by atoms with Crippen molar-refractivity contribution in [2.45, 2.75) is 51.6 Å². The molecular weight excluding hydrogens is 558 g/mol. The van der Waals surface area contributed by atoms with E-state index in [0.29, 0.717) is 64.7 Å². The highest BCUT2D eigenvalue weighted by atomic mass is 19.1. The summed E-state index contributed by atoms with van der Waals surface area (Å²) in [6.07, 6.45) is 5.46. The van der Waals surface area contributed by atoms with Gasteiger partial charge in [-0.25, -0.2) is 18.7 Å². The highest BCUT2D eigenvalue weighted by Crippen LogP contribution is 2.44. The van der Waals surface area contributed by atoms with Crippen molar-refractivity contribution in [2.24, 2.45) is 5.41 Å². The highest BCUT2D eigenvalue weighted by molar-refractivity contribution is 6.02. The lowest BCUT2D eigenvalue weighted by Gasteiger charge is -2.38. The molecule has 43 heavy (non-hydrogen) atoms. The van der Waals surface area contributed by atoms with Crippen molar-refractivity contribution in [3.8, 4) is 23.0 Å². The number of pyridine rings is 1. The molecule has 1 aliphatic heterocycles. The first-order valence-corrected chi connectivity index (χ1v) is 14.5. The molecule has 0 amide bonds. The van der Waals surface area contributed by atoms with Crippen LogP contribution in [0.25, 0.3) is 32.9 Å². The van der Waals surface area contributed by atoms with Gasteiger partial charge in [-0.05, 0) is 73.6 Å². The molecular formula is C32H34F2N4O5. The van der Waals surface area contributed by atoms with Crippen LogP contribution in [0.2, 0.25) is 0 Å². The number of aldehydes is 1. The lowest BCUT2D eigenvalue weighted by Crippen LogP contribution is -2.46. The van der Waals surface area contributed by atoms with Crippen LogP contribution in [0.3, 0.4) is 0 Å². The smallest absolute Gasteiger partial charge is 0.317 e. The molecule has 9 nitrogen and oxygen atoms in total. The van der Waals surface area contributed by atoms with Crippen molar-refractivity contribution in [3.05, 3.63) is 47.7 Å². The molecule has 2 aromatic heterocycles. The van der Waals surface area contributed by atoms with E-state index in [0.717, 1.165) is 19.1 Å². The first kappa shape index (κ1) is 29.1. The molecule has 0 radical (unpaired) electrons. The molecule has 4 aromatic rings. The molecule has 226 valence electrons. The van der Waals surface area contributed by atoms with E-state index < -0.39 is 22.7 Å². The number of β-amino-alcohol motifs (C(OH)–C–C–N with tert-alkyl or cyclic N) is 1. The van der Waals surface area contributed by atoms with E-state index in [4.69, 9.17) is 19.2 Å². The quantitative estimate of drug-likeness (QED) is 0.192. The average Bonchev–Trinajstić information content (AvgIpc) is 3.79. The maximum atomic E-state index is 16.7. The minimum absolute atomic E-state index is 0.0306. The maximum Gasteiger partial charge on any atom is 0.317 e. The Kier molecular flexibility index (Phi) is 7.64. The summed E-state index contributed by atoms with van der Waals surface area (Å²) < 4.78 is 48.5. The number of benzene rings is 2. The number of nitrogens with zero attached hydrogens (tertiary/aromatic N) is 4. The summed E-state index contributed by atoms with van der Waals surface area (Å²) >= 11 is 0. The lowest BCUT2D eigenvalue weighted by molar-refractivity contribution is -0.113. The molecule has 2 fully saturated rings. The van der Waals surface area contributed by atoms with Gasteiger partial charge in [0, 0.05) is 32.0 Å². The van der Waals surface area contributed by atoms with Gasteiger partial charge in [-0.3, -0.25) is 0 Å². The summed E-state index contributed by atoms with van der Waals surface area (Å²) in [6, 6.07) is 6.35. The van der Waals surface area contributed by atoms with Crippen LogP contribution in [0, 0.1) is 17.0 Å². The molecule has 2 aliphatic rings. The van der Waals surface area contributed by atoms with Crippen molar-refractivity contribution in [1.82, 2.24) is 15.0 Å². The highest BCUT2D eigenvalue weighted by Gasteiger charge is 2.44. The van der Waals surface area contributed by atoms with E-state index in [2.05, 4.69) is 9.97 Å². The van der Waals surface area contributed by atoms with Gasteiger partial charge in [-0.15, -0.1) is 0 Å². The molecule has 1 saturated heterocycles. The Labute approximate surface area is 247 Å². The average molecular weight is 593 g/mol. The Morgan fingerprint density at radius 3 is 2.65 bits per heavy atom. The number of hydrogen-bond donors (Lipinski definition) is 1. The number of halogens is 2. The first-order chi connectivity index (χ1) is 20.7. The van der Waals surface area contributed by atoms with Crippen molar-refractivity contribution in [3.63, 3.8) is 0 Å². The van der Waals surface area contributed by atoms with Gasteiger partial charge in [0.2, 0.25) is 0 Å². The SMILES string of the molecule is CCc1c(F)ccc2cc(OCOC)cc(-c3nc(N4CCC[C@@](C)(O)C4)c4cnc(OCC5(C=O)CC5)nc4c3F)c12. The number of carbonyl (C=O) groups is 1. The molecule has 1 N–H and O–H groups in total. The number of piperidine rings is 1. The molecule has 11 heteroatoms. The number of carbonyl (C=O) groups excluding carboxylic acids is 1. The minimum atomic E-state index is -0.975. The second-order valence-electron chi connectivity index (χ2n) is 11.8. The summed E-state index contributed by atoms with van der Waals surface area (Å²) in [4.78, 5) is 27.0. The van der Waals surface area contributed by atoms with Crippen LogP contribution in [-0.2, 0) is 16.0 Å². The third kappa shape index (κ3) is 5.59. The van der Waals surface area contributed by atoms with Gasteiger partial charge in [0.15, 0.2) is 12.6 Å². The summed E-state index contributed by atoms with van der Waals surface area (Å²) in [5.74, 6) is -0.340. The van der Waals surface area contributed by atoms with E-state index in [9.17, 15) is 9.90 Å². The molecule has 6 rings (SSSR count). The second-order valence-corrected chi connectivity index (χ2v) is 11.8. The predicted octanol–water partition coefficient (Wildman–Crippen LogP) is 5.38. The fraction of sp³-hybridized carbons (Fsp3) is 0.438. The maximum absolute atomic E-state index is 16.7. The van der Waals surface area contributed by atoms with Gasteiger partial charge in [-0.1, -0.05) is 13.0 Å². The number of aliphatic hydroxyl groups is 1. The third-order valence-electron chi connectivity index (χ3n) is 8.34.